The number of phenols is 1. The molecule has 0 aromatic heterocycles. The molecule has 0 spiro atoms. The van der Waals surface area contributed by atoms with Gasteiger partial charge in [-0.3, -0.25) is 14.4 Å². The first-order chi connectivity index (χ1) is 17.4. The Kier molecular flexibility index (Phi) is 7.75. The molecule has 1 heterocycles. The van der Waals surface area contributed by atoms with Crippen molar-refractivity contribution in [3.63, 3.8) is 0 Å². The summed E-state index contributed by atoms with van der Waals surface area (Å²) in [5, 5.41) is 8.66. The minimum absolute atomic E-state index is 0.102. The lowest BCUT2D eigenvalue weighted by Gasteiger charge is -2.43. The van der Waals surface area contributed by atoms with E-state index in [1.54, 1.807) is 18.2 Å². The van der Waals surface area contributed by atoms with Gasteiger partial charge in [0.05, 0.1) is 0 Å². The maximum absolute atomic E-state index is 13.6. The monoisotopic (exact) mass is 523 g/mol. The minimum Gasteiger partial charge on any atom is -0.508 e. The Balaban J connectivity index is 1.60. The Morgan fingerprint density at radius 3 is 2.35 bits per heavy atom. The van der Waals surface area contributed by atoms with Crippen LogP contribution in [0.3, 0.4) is 0 Å². The number of primary amides is 1. The molecule has 6 nitrogen and oxygen atoms in total. The molecule has 0 bridgehead atoms. The Bertz CT molecular complexity index is 1170. The molecule has 1 saturated carbocycles. The van der Waals surface area contributed by atoms with Crippen molar-refractivity contribution in [3.8, 4) is 5.75 Å². The molecule has 37 heavy (non-hydrogen) atoms. The van der Waals surface area contributed by atoms with Crippen molar-refractivity contribution in [1.82, 2.24) is 0 Å². The van der Waals surface area contributed by atoms with Gasteiger partial charge in [0.15, 0.2) is 11.0 Å². The van der Waals surface area contributed by atoms with Gasteiger partial charge in [0.1, 0.15) is 11.4 Å². The number of ether oxygens (including phenoxy) is 1. The number of aromatic hydroxyl groups is 1. The van der Waals surface area contributed by atoms with Crippen molar-refractivity contribution in [3.05, 3.63) is 58.7 Å². The fraction of sp³-hybridized carbons (Fsp3) is 0.500. The zero-order chi connectivity index (χ0) is 27.0. The van der Waals surface area contributed by atoms with Crippen LogP contribution >= 0.6 is 11.8 Å². The Morgan fingerprint density at radius 2 is 1.78 bits per heavy atom. The van der Waals surface area contributed by atoms with Crippen LogP contribution < -0.4 is 5.73 Å². The summed E-state index contributed by atoms with van der Waals surface area (Å²) in [7, 11) is 0. The number of rotatable bonds is 7. The lowest BCUT2D eigenvalue weighted by atomic mass is 9.76. The third-order valence-corrected chi connectivity index (χ3v) is 9.08. The van der Waals surface area contributed by atoms with Gasteiger partial charge in [-0.05, 0) is 84.9 Å². The largest absolute Gasteiger partial charge is 0.508 e. The zero-order valence-corrected chi connectivity index (χ0v) is 23.0. The van der Waals surface area contributed by atoms with Crippen molar-refractivity contribution < 1.29 is 24.2 Å². The number of ketones is 1. The molecule has 2 unspecified atom stereocenters. The van der Waals surface area contributed by atoms with Gasteiger partial charge in [-0.25, -0.2) is 0 Å². The van der Waals surface area contributed by atoms with Gasteiger partial charge in [0.2, 0.25) is 5.91 Å². The van der Waals surface area contributed by atoms with Crippen molar-refractivity contribution >= 4 is 29.4 Å². The maximum atomic E-state index is 13.6. The highest BCUT2D eigenvalue weighted by Crippen LogP contribution is 2.47. The number of thioether (sulfide) groups is 1. The Hall–Kier alpha value is -2.80. The van der Waals surface area contributed by atoms with Crippen LogP contribution in [0.5, 0.6) is 5.75 Å². The van der Waals surface area contributed by atoms with Gasteiger partial charge in [-0.2, -0.15) is 0 Å². The topological polar surface area (TPSA) is 107 Å². The van der Waals surface area contributed by atoms with E-state index in [2.05, 4.69) is 0 Å². The lowest BCUT2D eigenvalue weighted by Crippen LogP contribution is -2.53. The highest BCUT2D eigenvalue weighted by atomic mass is 32.2. The maximum Gasteiger partial charge on any atom is 0.327 e. The SMILES string of the molecule is Cc1cc(SC2C(=O)CC(CCc3ccc(O)cc3)(C3CCCC3)OC2=O)c(C(C)(C)C)cc1C(N)=O. The van der Waals surface area contributed by atoms with Crippen LogP contribution in [0.1, 0.15) is 86.3 Å². The zero-order valence-electron chi connectivity index (χ0n) is 22.1. The Labute approximate surface area is 223 Å². The number of esters is 1. The number of hydrogen-bond donors (Lipinski definition) is 2. The molecule has 1 saturated heterocycles. The molecule has 3 N–H and O–H groups in total. The molecule has 2 aromatic rings. The van der Waals surface area contributed by atoms with E-state index in [4.69, 9.17) is 10.5 Å². The molecule has 1 aliphatic heterocycles. The second kappa shape index (κ2) is 10.5. The van der Waals surface area contributed by atoms with Crippen molar-refractivity contribution in [1.29, 1.82) is 0 Å². The number of carbonyl (C=O) groups excluding carboxylic acids is 3. The van der Waals surface area contributed by atoms with Crippen molar-refractivity contribution in [2.24, 2.45) is 11.7 Å². The average Bonchev–Trinajstić information content (AvgIpc) is 3.36. The summed E-state index contributed by atoms with van der Waals surface area (Å²) in [6.07, 6.45) is 5.52. The van der Waals surface area contributed by atoms with E-state index < -0.39 is 22.7 Å². The molecule has 1 amide bonds. The van der Waals surface area contributed by atoms with E-state index in [9.17, 15) is 19.5 Å². The van der Waals surface area contributed by atoms with Gasteiger partial charge in [-0.1, -0.05) is 45.7 Å². The average molecular weight is 524 g/mol. The second-order valence-corrected chi connectivity index (χ2v) is 12.7. The van der Waals surface area contributed by atoms with Crippen molar-refractivity contribution in [2.75, 3.05) is 0 Å². The highest BCUT2D eigenvalue weighted by Gasteiger charge is 2.52. The van der Waals surface area contributed by atoms with Crippen LogP contribution in [0.2, 0.25) is 0 Å². The van der Waals surface area contributed by atoms with Crippen LogP contribution in [-0.4, -0.2) is 33.6 Å². The first kappa shape index (κ1) is 27.2. The summed E-state index contributed by atoms with van der Waals surface area (Å²) in [6, 6.07) is 10.7. The van der Waals surface area contributed by atoms with Crippen molar-refractivity contribution in [2.45, 2.75) is 93.8 Å². The van der Waals surface area contributed by atoms with E-state index in [1.807, 2.05) is 45.9 Å². The van der Waals surface area contributed by atoms with Crippen LogP contribution in [0.15, 0.2) is 41.3 Å². The molecule has 2 fully saturated rings. The molecule has 198 valence electrons. The molecule has 0 radical (unpaired) electrons. The number of aryl methyl sites for hydroxylation is 2. The minimum atomic E-state index is -0.942. The van der Waals surface area contributed by atoms with E-state index in [0.29, 0.717) is 24.0 Å². The molecular weight excluding hydrogens is 486 g/mol. The molecule has 2 aromatic carbocycles. The highest BCUT2D eigenvalue weighted by molar-refractivity contribution is 8.01. The smallest absolute Gasteiger partial charge is 0.327 e. The van der Waals surface area contributed by atoms with E-state index >= 15 is 0 Å². The normalized spacial score (nSPS) is 22.8. The van der Waals surface area contributed by atoms with Crippen LogP contribution in [0.25, 0.3) is 0 Å². The third-order valence-electron chi connectivity index (χ3n) is 7.80. The van der Waals surface area contributed by atoms with Crippen LogP contribution in [0.4, 0.5) is 0 Å². The number of phenolic OH excluding ortho intramolecular Hbond substituents is 1. The third kappa shape index (κ3) is 5.87. The van der Waals surface area contributed by atoms with Gasteiger partial charge in [-0.15, -0.1) is 11.8 Å². The predicted molar refractivity (Wildman–Crippen MR) is 145 cm³/mol. The number of carbonyl (C=O) groups is 3. The predicted octanol–water partition coefficient (Wildman–Crippen LogP) is 5.64. The second-order valence-electron chi connectivity index (χ2n) is 11.6. The van der Waals surface area contributed by atoms with Crippen LogP contribution in [-0.2, 0) is 26.2 Å². The summed E-state index contributed by atoms with van der Waals surface area (Å²) < 4.78 is 6.27. The Morgan fingerprint density at radius 1 is 1.14 bits per heavy atom. The van der Waals surface area contributed by atoms with Gasteiger partial charge in [0.25, 0.3) is 0 Å². The molecule has 2 aliphatic rings. The van der Waals surface area contributed by atoms with E-state index in [0.717, 1.165) is 41.7 Å². The quantitative estimate of drug-likeness (QED) is 0.360. The molecular formula is C30H37NO5S. The number of amides is 1. The summed E-state index contributed by atoms with van der Waals surface area (Å²) in [6.45, 7) is 7.90. The molecule has 4 rings (SSSR count). The summed E-state index contributed by atoms with van der Waals surface area (Å²) in [5.41, 5.74) is 7.54. The van der Waals surface area contributed by atoms with Gasteiger partial charge in [0, 0.05) is 16.9 Å². The number of hydrogen-bond acceptors (Lipinski definition) is 6. The fourth-order valence-corrected chi connectivity index (χ4v) is 7.07. The van der Waals surface area contributed by atoms with Gasteiger partial charge >= 0.3 is 5.97 Å². The molecule has 7 heteroatoms. The lowest BCUT2D eigenvalue weighted by molar-refractivity contribution is -0.177. The molecule has 1 aliphatic carbocycles. The van der Waals surface area contributed by atoms with Gasteiger partial charge < -0.3 is 15.6 Å². The first-order valence-electron chi connectivity index (χ1n) is 13.0. The number of cyclic esters (lactones) is 1. The van der Waals surface area contributed by atoms with Crippen LogP contribution in [0, 0.1) is 12.8 Å². The summed E-state index contributed by atoms with van der Waals surface area (Å²) in [5.74, 6) is -0.693. The number of Topliss-reactive ketones (excluding diaryl/α,β-unsaturated/α-hetero) is 1. The molecule has 2 atom stereocenters. The number of nitrogens with two attached hydrogens (primary N) is 1. The summed E-state index contributed by atoms with van der Waals surface area (Å²) >= 11 is 1.22. The number of benzene rings is 2. The van der Waals surface area contributed by atoms with E-state index in [-0.39, 0.29) is 29.3 Å². The summed E-state index contributed by atoms with van der Waals surface area (Å²) in [4.78, 5) is 39.9. The first-order valence-corrected chi connectivity index (χ1v) is 13.9. The fourth-order valence-electron chi connectivity index (χ4n) is 5.72. The standard InChI is InChI=1S/C30H37NO5S/c1-18-15-25(23(29(2,3)4)16-22(18)27(31)34)37-26-24(33)17-30(36-28(26)35,20-7-5-6-8-20)14-13-19-9-11-21(32)12-10-19/h9-12,15-16,20,26,32H,5-8,13-14,17H2,1-4H3,(H2,31,34). The van der Waals surface area contributed by atoms with E-state index in [1.165, 1.54) is 11.8 Å².